The summed E-state index contributed by atoms with van der Waals surface area (Å²) in [5.74, 6) is 0.400. The van der Waals surface area contributed by atoms with Crippen molar-refractivity contribution in [1.82, 2.24) is 0 Å². The summed E-state index contributed by atoms with van der Waals surface area (Å²) in [5.41, 5.74) is -0.0153. The van der Waals surface area contributed by atoms with Crippen molar-refractivity contribution in [3.05, 3.63) is 34.4 Å². The summed E-state index contributed by atoms with van der Waals surface area (Å²) in [6, 6.07) is 5.90. The predicted molar refractivity (Wildman–Crippen MR) is 54.9 cm³/mol. The van der Waals surface area contributed by atoms with Gasteiger partial charge in [0, 0.05) is 6.07 Å². The average molecular weight is 211 g/mol. The number of aliphatic hydroxyl groups excluding tert-OH is 1. The first kappa shape index (κ1) is 11.5. The van der Waals surface area contributed by atoms with Gasteiger partial charge in [-0.3, -0.25) is 10.1 Å². The zero-order valence-electron chi connectivity index (χ0n) is 8.42. The molecule has 0 bridgehead atoms. The summed E-state index contributed by atoms with van der Waals surface area (Å²) in [6.45, 7) is 1.99. The Morgan fingerprint density at radius 1 is 1.60 bits per heavy atom. The maximum atomic E-state index is 10.4. The molecule has 82 valence electrons. The van der Waals surface area contributed by atoms with Gasteiger partial charge in [-0.15, -0.1) is 0 Å². The van der Waals surface area contributed by atoms with Gasteiger partial charge in [0.1, 0.15) is 12.4 Å². The molecule has 1 atom stereocenters. The molecule has 0 amide bonds. The highest BCUT2D eigenvalue weighted by molar-refractivity contribution is 5.37. The van der Waals surface area contributed by atoms with Crippen LogP contribution in [0.3, 0.4) is 0 Å². The van der Waals surface area contributed by atoms with Crippen molar-refractivity contribution >= 4 is 5.69 Å². The van der Waals surface area contributed by atoms with E-state index in [0.29, 0.717) is 12.2 Å². The fourth-order valence-corrected chi connectivity index (χ4v) is 0.997. The molecule has 0 spiro atoms. The van der Waals surface area contributed by atoms with E-state index >= 15 is 0 Å². The molecule has 5 nitrogen and oxygen atoms in total. The van der Waals surface area contributed by atoms with E-state index in [9.17, 15) is 15.2 Å². The lowest BCUT2D eigenvalue weighted by Crippen LogP contribution is -2.15. The zero-order valence-corrected chi connectivity index (χ0v) is 8.42. The van der Waals surface area contributed by atoms with Crippen LogP contribution >= 0.6 is 0 Å². The number of non-ortho nitro benzene ring substituents is 1. The number of nitro benzene ring substituents is 1. The number of benzene rings is 1. The average Bonchev–Trinajstić information content (AvgIpc) is 2.26. The molecule has 0 aliphatic rings. The largest absolute Gasteiger partial charge is 0.491 e. The molecular formula is C10H13NO4. The van der Waals surface area contributed by atoms with Gasteiger partial charge >= 0.3 is 0 Å². The van der Waals surface area contributed by atoms with Crippen LogP contribution in [0.15, 0.2) is 24.3 Å². The third-order valence-corrected chi connectivity index (χ3v) is 1.94. The minimum atomic E-state index is -0.538. The van der Waals surface area contributed by atoms with Crippen LogP contribution in [0.2, 0.25) is 0 Å². The fraction of sp³-hybridized carbons (Fsp3) is 0.400. The standard InChI is InChI=1S/C10H13NO4/c1-2-9(12)7-15-10-5-3-4-8(6-10)11(13)14/h3-6,9,12H,2,7H2,1H3. The minimum Gasteiger partial charge on any atom is -0.491 e. The number of nitrogens with zero attached hydrogens (tertiary/aromatic N) is 1. The lowest BCUT2D eigenvalue weighted by molar-refractivity contribution is -0.384. The van der Waals surface area contributed by atoms with Gasteiger partial charge in [0.05, 0.1) is 17.1 Å². The second kappa shape index (κ2) is 5.31. The predicted octanol–water partition coefficient (Wildman–Crippen LogP) is 1.74. The van der Waals surface area contributed by atoms with Crippen LogP contribution in [0.1, 0.15) is 13.3 Å². The summed E-state index contributed by atoms with van der Waals surface area (Å²) in [7, 11) is 0. The van der Waals surface area contributed by atoms with Crippen LogP contribution in [-0.4, -0.2) is 22.7 Å². The molecule has 5 heteroatoms. The molecule has 1 unspecified atom stereocenters. The molecular weight excluding hydrogens is 198 g/mol. The van der Waals surface area contributed by atoms with Crippen LogP contribution in [-0.2, 0) is 0 Å². The Labute approximate surface area is 87.5 Å². The second-order valence-electron chi connectivity index (χ2n) is 3.13. The highest BCUT2D eigenvalue weighted by Gasteiger charge is 2.07. The smallest absolute Gasteiger partial charge is 0.273 e. The lowest BCUT2D eigenvalue weighted by Gasteiger charge is -2.09. The van der Waals surface area contributed by atoms with E-state index in [1.807, 2.05) is 6.92 Å². The summed E-state index contributed by atoms with van der Waals surface area (Å²) in [6.07, 6.45) is 0.0545. The number of ether oxygens (including phenoxy) is 1. The van der Waals surface area contributed by atoms with Crippen LogP contribution in [0, 0.1) is 10.1 Å². The maximum Gasteiger partial charge on any atom is 0.273 e. The Morgan fingerprint density at radius 2 is 2.33 bits per heavy atom. The Kier molecular flexibility index (Phi) is 4.05. The van der Waals surface area contributed by atoms with Crippen molar-refractivity contribution in [2.24, 2.45) is 0 Å². The Morgan fingerprint density at radius 3 is 2.93 bits per heavy atom. The third-order valence-electron chi connectivity index (χ3n) is 1.94. The number of rotatable bonds is 5. The van der Waals surface area contributed by atoms with E-state index in [2.05, 4.69) is 0 Å². The van der Waals surface area contributed by atoms with E-state index in [4.69, 9.17) is 4.74 Å². The van der Waals surface area contributed by atoms with Gasteiger partial charge in [0.2, 0.25) is 0 Å². The molecule has 15 heavy (non-hydrogen) atoms. The van der Waals surface area contributed by atoms with Crippen LogP contribution in [0.5, 0.6) is 5.75 Å². The van der Waals surface area contributed by atoms with Crippen molar-refractivity contribution in [2.75, 3.05) is 6.61 Å². The van der Waals surface area contributed by atoms with Crippen LogP contribution in [0.4, 0.5) is 5.69 Å². The molecule has 0 radical (unpaired) electrons. The fourth-order valence-electron chi connectivity index (χ4n) is 0.997. The lowest BCUT2D eigenvalue weighted by atomic mass is 10.3. The molecule has 0 aliphatic carbocycles. The van der Waals surface area contributed by atoms with Gasteiger partial charge in [-0.1, -0.05) is 13.0 Å². The molecule has 0 saturated carbocycles. The van der Waals surface area contributed by atoms with Gasteiger partial charge in [0.15, 0.2) is 0 Å². The van der Waals surface area contributed by atoms with Gasteiger partial charge in [-0.2, -0.15) is 0 Å². The van der Waals surface area contributed by atoms with Gasteiger partial charge in [0.25, 0.3) is 5.69 Å². The Hall–Kier alpha value is -1.62. The first-order valence-corrected chi connectivity index (χ1v) is 4.68. The van der Waals surface area contributed by atoms with E-state index in [1.54, 1.807) is 12.1 Å². The first-order chi connectivity index (χ1) is 7.13. The first-order valence-electron chi connectivity index (χ1n) is 4.68. The molecule has 0 saturated heterocycles. The van der Waals surface area contributed by atoms with Crippen molar-refractivity contribution in [1.29, 1.82) is 0 Å². The zero-order chi connectivity index (χ0) is 11.3. The molecule has 1 N–H and O–H groups in total. The number of nitro groups is 1. The summed E-state index contributed by atoms with van der Waals surface area (Å²) in [4.78, 5) is 9.97. The third kappa shape index (κ3) is 3.55. The van der Waals surface area contributed by atoms with E-state index in [1.165, 1.54) is 12.1 Å². The maximum absolute atomic E-state index is 10.4. The molecule has 0 aromatic heterocycles. The molecule has 1 aromatic rings. The Balaban J connectivity index is 2.62. The van der Waals surface area contributed by atoms with Crippen molar-refractivity contribution in [2.45, 2.75) is 19.4 Å². The Bertz CT molecular complexity index is 340. The number of aliphatic hydroxyl groups is 1. The highest BCUT2D eigenvalue weighted by Crippen LogP contribution is 2.19. The molecule has 1 aromatic carbocycles. The van der Waals surface area contributed by atoms with E-state index in [0.717, 1.165) is 0 Å². The van der Waals surface area contributed by atoms with E-state index in [-0.39, 0.29) is 12.3 Å². The summed E-state index contributed by atoms with van der Waals surface area (Å²) in [5, 5.41) is 19.7. The SMILES string of the molecule is CCC(O)COc1cccc([N+](=O)[O-])c1. The van der Waals surface area contributed by atoms with Crippen LogP contribution in [0.25, 0.3) is 0 Å². The van der Waals surface area contributed by atoms with Crippen LogP contribution < -0.4 is 4.74 Å². The summed E-state index contributed by atoms with van der Waals surface area (Å²) >= 11 is 0. The topological polar surface area (TPSA) is 72.6 Å². The van der Waals surface area contributed by atoms with Crippen molar-refractivity contribution in [3.63, 3.8) is 0 Å². The molecule has 1 rings (SSSR count). The number of hydrogen-bond acceptors (Lipinski definition) is 4. The van der Waals surface area contributed by atoms with Gasteiger partial charge < -0.3 is 9.84 Å². The highest BCUT2D eigenvalue weighted by atomic mass is 16.6. The van der Waals surface area contributed by atoms with Crippen molar-refractivity contribution < 1.29 is 14.8 Å². The quantitative estimate of drug-likeness (QED) is 0.594. The van der Waals surface area contributed by atoms with Crippen molar-refractivity contribution in [3.8, 4) is 5.75 Å². The summed E-state index contributed by atoms with van der Waals surface area (Å²) < 4.78 is 5.20. The monoisotopic (exact) mass is 211 g/mol. The molecule has 0 heterocycles. The van der Waals surface area contributed by atoms with E-state index < -0.39 is 11.0 Å². The van der Waals surface area contributed by atoms with Gasteiger partial charge in [-0.25, -0.2) is 0 Å². The second-order valence-corrected chi connectivity index (χ2v) is 3.13. The minimum absolute atomic E-state index is 0.0153. The normalized spacial score (nSPS) is 12.1. The van der Waals surface area contributed by atoms with Gasteiger partial charge in [-0.05, 0) is 12.5 Å². The molecule has 0 fully saturated rings. The number of hydrogen-bond donors (Lipinski definition) is 1. The molecule has 0 aliphatic heterocycles.